The van der Waals surface area contributed by atoms with E-state index in [2.05, 4.69) is 241 Å². The zero-order valence-electron chi connectivity index (χ0n) is 33.4. The third-order valence-electron chi connectivity index (χ3n) is 12.8. The number of benzene rings is 10. The van der Waals surface area contributed by atoms with Gasteiger partial charge in [0.1, 0.15) is 5.58 Å². The molecule has 0 fully saturated rings. The fourth-order valence-corrected chi connectivity index (χ4v) is 10.3. The Morgan fingerprint density at radius 2 is 0.869 bits per heavy atom. The SMILES string of the molecule is c1ccc(-c2cccc3cccc(-c4ccccc4N(c4cccc5c4-c4ccccc4C5(c4ccccc4)c4ccccc4)c4cccc5c4oc4ccccc45)c23)cc1. The van der Waals surface area contributed by atoms with Gasteiger partial charge in [-0.15, -0.1) is 0 Å². The van der Waals surface area contributed by atoms with Gasteiger partial charge in [-0.3, -0.25) is 0 Å². The summed E-state index contributed by atoms with van der Waals surface area (Å²) in [5.41, 5.74) is 16.4. The maximum Gasteiger partial charge on any atom is 0.159 e. The molecule has 1 aliphatic rings. The van der Waals surface area contributed by atoms with Crippen LogP contribution in [0.15, 0.2) is 241 Å². The van der Waals surface area contributed by atoms with Gasteiger partial charge in [-0.05, 0) is 79.5 Å². The van der Waals surface area contributed by atoms with Crippen LogP contribution in [0.2, 0.25) is 0 Å². The Bertz CT molecular complexity index is 3380. The van der Waals surface area contributed by atoms with Crippen molar-refractivity contribution in [2.45, 2.75) is 5.41 Å². The molecule has 2 nitrogen and oxygen atoms in total. The van der Waals surface area contributed by atoms with E-state index in [1.54, 1.807) is 0 Å². The topological polar surface area (TPSA) is 16.4 Å². The van der Waals surface area contributed by atoms with Crippen molar-refractivity contribution in [1.82, 2.24) is 0 Å². The van der Waals surface area contributed by atoms with E-state index in [1.165, 1.54) is 60.8 Å². The van der Waals surface area contributed by atoms with Gasteiger partial charge in [0.25, 0.3) is 0 Å². The fourth-order valence-electron chi connectivity index (χ4n) is 10.3. The van der Waals surface area contributed by atoms with Crippen LogP contribution in [0.4, 0.5) is 17.1 Å². The molecule has 10 aromatic carbocycles. The highest BCUT2D eigenvalue weighted by Crippen LogP contribution is 2.60. The van der Waals surface area contributed by atoms with E-state index in [0.29, 0.717) is 0 Å². The largest absolute Gasteiger partial charge is 0.454 e. The van der Waals surface area contributed by atoms with Gasteiger partial charge in [-0.25, -0.2) is 0 Å². The first kappa shape index (κ1) is 35.0. The molecule has 1 aliphatic carbocycles. The van der Waals surface area contributed by atoms with Gasteiger partial charge < -0.3 is 9.32 Å². The van der Waals surface area contributed by atoms with Gasteiger partial charge >= 0.3 is 0 Å². The summed E-state index contributed by atoms with van der Waals surface area (Å²) in [5, 5.41) is 4.61. The van der Waals surface area contributed by atoms with Gasteiger partial charge in [-0.1, -0.05) is 212 Å². The van der Waals surface area contributed by atoms with Crippen LogP contribution in [0.1, 0.15) is 22.3 Å². The average molecular weight is 778 g/mol. The molecule has 0 atom stereocenters. The van der Waals surface area contributed by atoms with Crippen LogP contribution in [0.5, 0.6) is 0 Å². The first-order chi connectivity index (χ1) is 30.3. The van der Waals surface area contributed by atoms with E-state index in [0.717, 1.165) is 44.6 Å². The summed E-state index contributed by atoms with van der Waals surface area (Å²) in [5.74, 6) is 0. The minimum atomic E-state index is -0.554. The standard InChI is InChI=1S/C59H39NO/c1-4-20-40(21-5-1)44-31-16-22-41-23-17-32-47(56(41)44)45-28-11-14-36-52(45)60(54-38-18-33-48-46-29-12-15-39-55(46)61-58(48)54)53-37-19-35-51-57(53)49-30-10-13-34-50(49)59(51,42-24-6-2-7-25-42)43-26-8-3-9-27-43/h1-39H. The van der Waals surface area contributed by atoms with E-state index < -0.39 is 5.41 Å². The summed E-state index contributed by atoms with van der Waals surface area (Å²) in [6.07, 6.45) is 0. The minimum absolute atomic E-state index is 0.554. The Kier molecular flexibility index (Phi) is 8.11. The number of nitrogens with zero attached hydrogens (tertiary/aromatic N) is 1. The van der Waals surface area contributed by atoms with Gasteiger partial charge in [0.15, 0.2) is 5.58 Å². The van der Waals surface area contributed by atoms with Gasteiger partial charge in [0.2, 0.25) is 0 Å². The third kappa shape index (κ3) is 5.29. The zero-order valence-corrected chi connectivity index (χ0v) is 33.4. The van der Waals surface area contributed by atoms with Crippen LogP contribution in [0, 0.1) is 0 Å². The second-order valence-electron chi connectivity index (χ2n) is 15.9. The molecular formula is C59H39NO. The normalized spacial score (nSPS) is 12.7. The van der Waals surface area contributed by atoms with Gasteiger partial charge in [0.05, 0.1) is 22.5 Å². The molecule has 61 heavy (non-hydrogen) atoms. The molecule has 0 unspecified atom stereocenters. The van der Waals surface area contributed by atoms with Crippen molar-refractivity contribution in [1.29, 1.82) is 0 Å². The molecule has 1 heterocycles. The Morgan fingerprint density at radius 1 is 0.344 bits per heavy atom. The number of fused-ring (bicyclic) bond motifs is 7. The molecule has 0 spiro atoms. The molecule has 1 aromatic heterocycles. The quantitative estimate of drug-likeness (QED) is 0.160. The Morgan fingerprint density at radius 3 is 1.64 bits per heavy atom. The first-order valence-corrected chi connectivity index (χ1v) is 21.0. The highest BCUT2D eigenvalue weighted by atomic mass is 16.3. The number of anilines is 3. The molecule has 0 radical (unpaired) electrons. The van der Waals surface area contributed by atoms with E-state index in [-0.39, 0.29) is 0 Å². The van der Waals surface area contributed by atoms with Crippen molar-refractivity contribution in [3.63, 3.8) is 0 Å². The smallest absolute Gasteiger partial charge is 0.159 e. The molecule has 286 valence electrons. The number of hydrogen-bond acceptors (Lipinski definition) is 2. The molecule has 0 bridgehead atoms. The average Bonchev–Trinajstić information content (AvgIpc) is 3.87. The van der Waals surface area contributed by atoms with E-state index in [9.17, 15) is 0 Å². The van der Waals surface area contributed by atoms with Gasteiger partial charge in [0, 0.05) is 21.9 Å². The van der Waals surface area contributed by atoms with Crippen LogP contribution >= 0.6 is 0 Å². The summed E-state index contributed by atoms with van der Waals surface area (Å²) in [6.45, 7) is 0. The lowest BCUT2D eigenvalue weighted by Crippen LogP contribution is -2.28. The fraction of sp³-hybridized carbons (Fsp3) is 0.0169. The lowest BCUT2D eigenvalue weighted by molar-refractivity contribution is 0.669. The lowest BCUT2D eigenvalue weighted by Gasteiger charge is -2.34. The first-order valence-electron chi connectivity index (χ1n) is 21.0. The maximum atomic E-state index is 6.93. The lowest BCUT2D eigenvalue weighted by atomic mass is 9.68. The van der Waals surface area contributed by atoms with E-state index in [1.807, 2.05) is 0 Å². The summed E-state index contributed by atoms with van der Waals surface area (Å²) < 4.78 is 6.93. The second-order valence-corrected chi connectivity index (χ2v) is 15.9. The Hall–Kier alpha value is -7.94. The second kappa shape index (κ2) is 14.1. The number of hydrogen-bond donors (Lipinski definition) is 0. The van der Waals surface area contributed by atoms with E-state index >= 15 is 0 Å². The Balaban J connectivity index is 1.21. The predicted octanol–water partition coefficient (Wildman–Crippen LogP) is 15.9. The van der Waals surface area contributed by atoms with Crippen LogP contribution in [0.3, 0.4) is 0 Å². The molecule has 12 rings (SSSR count). The van der Waals surface area contributed by atoms with Crippen LogP contribution in [-0.4, -0.2) is 0 Å². The number of rotatable bonds is 7. The molecule has 0 N–H and O–H groups in total. The molecule has 0 amide bonds. The van der Waals surface area contributed by atoms with E-state index in [4.69, 9.17) is 4.42 Å². The van der Waals surface area contributed by atoms with Crippen LogP contribution in [-0.2, 0) is 5.41 Å². The minimum Gasteiger partial charge on any atom is -0.454 e. The Labute approximate surface area is 355 Å². The maximum absolute atomic E-state index is 6.93. The molecule has 2 heteroatoms. The monoisotopic (exact) mass is 777 g/mol. The van der Waals surface area contributed by atoms with Crippen molar-refractivity contribution in [2.24, 2.45) is 0 Å². The molecule has 0 saturated heterocycles. The third-order valence-corrected chi connectivity index (χ3v) is 12.8. The summed E-state index contributed by atoms with van der Waals surface area (Å²) >= 11 is 0. The molecule has 0 saturated carbocycles. The van der Waals surface area contributed by atoms with Crippen LogP contribution in [0.25, 0.3) is 66.1 Å². The highest BCUT2D eigenvalue weighted by Gasteiger charge is 2.47. The zero-order chi connectivity index (χ0) is 40.3. The summed E-state index contributed by atoms with van der Waals surface area (Å²) in [7, 11) is 0. The predicted molar refractivity (Wildman–Crippen MR) is 254 cm³/mol. The molecule has 0 aliphatic heterocycles. The van der Waals surface area contributed by atoms with Crippen molar-refractivity contribution in [2.75, 3.05) is 4.90 Å². The van der Waals surface area contributed by atoms with Gasteiger partial charge in [-0.2, -0.15) is 0 Å². The van der Waals surface area contributed by atoms with Crippen LogP contribution < -0.4 is 4.90 Å². The van der Waals surface area contributed by atoms with Crippen molar-refractivity contribution in [3.8, 4) is 33.4 Å². The summed E-state index contributed by atoms with van der Waals surface area (Å²) in [4.78, 5) is 2.48. The van der Waals surface area contributed by atoms with Crippen molar-refractivity contribution >= 4 is 49.8 Å². The summed E-state index contributed by atoms with van der Waals surface area (Å²) in [6, 6.07) is 86.0. The highest BCUT2D eigenvalue weighted by molar-refractivity contribution is 6.13. The van der Waals surface area contributed by atoms with Crippen molar-refractivity contribution in [3.05, 3.63) is 259 Å². The number of furan rings is 1. The molecule has 11 aromatic rings. The van der Waals surface area contributed by atoms with Crippen molar-refractivity contribution < 1.29 is 4.42 Å². The molecular weight excluding hydrogens is 739 g/mol. The number of para-hydroxylation sites is 3.